The predicted molar refractivity (Wildman–Crippen MR) is 122 cm³/mol. The molecule has 2 aliphatic heterocycles. The third-order valence-electron chi connectivity index (χ3n) is 5.43. The lowest BCUT2D eigenvalue weighted by Gasteiger charge is -2.15. The minimum absolute atomic E-state index is 0.199. The smallest absolute Gasteiger partial charge is 0.414 e. The van der Waals surface area contributed by atoms with Gasteiger partial charge in [-0.3, -0.25) is 9.69 Å². The van der Waals surface area contributed by atoms with Crippen LogP contribution in [-0.2, 0) is 20.8 Å². The van der Waals surface area contributed by atoms with Crippen molar-refractivity contribution in [2.24, 2.45) is 0 Å². The molecule has 2 aromatic rings. The minimum atomic E-state index is -0.556. The zero-order valence-corrected chi connectivity index (χ0v) is 18.6. The van der Waals surface area contributed by atoms with Crippen LogP contribution in [0.1, 0.15) is 12.5 Å². The fourth-order valence-electron chi connectivity index (χ4n) is 3.74. The van der Waals surface area contributed by atoms with Gasteiger partial charge in [-0.15, -0.1) is 0 Å². The van der Waals surface area contributed by atoms with Crippen LogP contribution in [0.4, 0.5) is 14.9 Å². The third kappa shape index (κ3) is 5.61. The van der Waals surface area contributed by atoms with Gasteiger partial charge in [0.2, 0.25) is 5.91 Å². The summed E-state index contributed by atoms with van der Waals surface area (Å²) in [6.07, 6.45) is 0.940. The first-order valence-electron chi connectivity index (χ1n) is 10.7. The van der Waals surface area contributed by atoms with Crippen molar-refractivity contribution in [1.82, 2.24) is 15.5 Å². The number of halogens is 1. The Morgan fingerprint density at radius 3 is 2.64 bits per heavy atom. The van der Waals surface area contributed by atoms with Crippen molar-refractivity contribution >= 4 is 17.7 Å². The molecule has 9 heteroatoms. The summed E-state index contributed by atoms with van der Waals surface area (Å²) in [6.45, 7) is 3.76. The zero-order valence-electron chi connectivity index (χ0n) is 18.6. The molecule has 0 unspecified atom stereocenters. The maximum absolute atomic E-state index is 14.9. The molecule has 1 saturated heterocycles. The van der Waals surface area contributed by atoms with Gasteiger partial charge in [-0.05, 0) is 29.3 Å². The first kappa shape index (κ1) is 22.6. The van der Waals surface area contributed by atoms with Crippen LogP contribution in [0.3, 0.4) is 0 Å². The van der Waals surface area contributed by atoms with Crippen LogP contribution in [0, 0.1) is 5.82 Å². The second-order valence-corrected chi connectivity index (χ2v) is 8.14. The van der Waals surface area contributed by atoms with Gasteiger partial charge in [-0.25, -0.2) is 9.18 Å². The highest BCUT2D eigenvalue weighted by Gasteiger charge is 2.32. The van der Waals surface area contributed by atoms with Crippen molar-refractivity contribution in [3.05, 3.63) is 65.8 Å². The van der Waals surface area contributed by atoms with E-state index in [1.165, 1.54) is 17.9 Å². The molecule has 2 aliphatic rings. The molecule has 2 N–H and O–H groups in total. The van der Waals surface area contributed by atoms with E-state index in [9.17, 15) is 14.0 Å². The molecule has 0 aromatic heterocycles. The van der Waals surface area contributed by atoms with Gasteiger partial charge in [-0.2, -0.15) is 0 Å². The first-order chi connectivity index (χ1) is 15.9. The van der Waals surface area contributed by atoms with E-state index in [0.717, 1.165) is 16.9 Å². The van der Waals surface area contributed by atoms with E-state index in [1.54, 1.807) is 12.1 Å². The quantitative estimate of drug-likeness (QED) is 0.638. The predicted octanol–water partition coefficient (Wildman–Crippen LogP) is 2.80. The first-order valence-corrected chi connectivity index (χ1v) is 10.7. The lowest BCUT2D eigenvalue weighted by atomic mass is 10.0. The van der Waals surface area contributed by atoms with Crippen molar-refractivity contribution in [2.75, 3.05) is 38.3 Å². The van der Waals surface area contributed by atoms with E-state index in [-0.39, 0.29) is 19.0 Å². The van der Waals surface area contributed by atoms with Gasteiger partial charge in [0.15, 0.2) is 6.73 Å². The van der Waals surface area contributed by atoms with Crippen LogP contribution >= 0.6 is 0 Å². The number of ether oxygens (including phenoxy) is 2. The summed E-state index contributed by atoms with van der Waals surface area (Å²) >= 11 is 0. The number of rotatable bonds is 8. The normalized spacial score (nSPS) is 17.6. The Morgan fingerprint density at radius 1 is 1.18 bits per heavy atom. The lowest BCUT2D eigenvalue weighted by molar-refractivity contribution is -0.119. The average Bonchev–Trinajstić information content (AvgIpc) is 3.38. The summed E-state index contributed by atoms with van der Waals surface area (Å²) in [7, 11) is 1.96. The molecule has 2 heterocycles. The largest absolute Gasteiger partial charge is 0.475 e. The fourth-order valence-corrected chi connectivity index (χ4v) is 3.74. The number of anilines is 1. The Kier molecular flexibility index (Phi) is 6.79. The summed E-state index contributed by atoms with van der Waals surface area (Å²) in [5.41, 5.74) is 2.70. The molecular formula is C24H27FN4O4. The number of cyclic esters (lactones) is 1. The summed E-state index contributed by atoms with van der Waals surface area (Å²) in [6, 6.07) is 12.4. The van der Waals surface area contributed by atoms with E-state index in [4.69, 9.17) is 9.47 Å². The molecule has 174 valence electrons. The second-order valence-electron chi connectivity index (χ2n) is 8.14. The number of benzene rings is 2. The van der Waals surface area contributed by atoms with Crippen molar-refractivity contribution in [1.29, 1.82) is 0 Å². The number of hydrogen-bond donors (Lipinski definition) is 2. The second kappa shape index (κ2) is 9.91. The highest BCUT2D eigenvalue weighted by Crippen LogP contribution is 2.29. The summed E-state index contributed by atoms with van der Waals surface area (Å²) < 4.78 is 25.7. The highest BCUT2D eigenvalue weighted by molar-refractivity contribution is 5.90. The molecule has 0 bridgehead atoms. The molecule has 4 rings (SSSR count). The molecule has 0 radical (unpaired) electrons. The minimum Gasteiger partial charge on any atom is -0.475 e. The van der Waals surface area contributed by atoms with Crippen LogP contribution in [0.15, 0.2) is 54.4 Å². The molecule has 0 aliphatic carbocycles. The Balaban J connectivity index is 1.36. The standard InChI is InChI=1S/C24H27FN4O4/c1-16(30)27-12-21-14-29(24(31)33-21)19-7-8-22(23(25)9-19)18-5-3-17(4-6-18)10-26-11-20-13-28(2)15-32-20/h3-9,13,21,26H,10-12,14-15H2,1-2H3,(H,27,30)/t21-/m0/s1. The van der Waals surface area contributed by atoms with Crippen molar-refractivity contribution < 1.29 is 23.5 Å². The van der Waals surface area contributed by atoms with Crippen molar-refractivity contribution in [2.45, 2.75) is 19.6 Å². The summed E-state index contributed by atoms with van der Waals surface area (Å²) in [5, 5.41) is 5.95. The van der Waals surface area contributed by atoms with Crippen LogP contribution < -0.4 is 15.5 Å². The van der Waals surface area contributed by atoms with E-state index in [1.807, 2.05) is 42.4 Å². The average molecular weight is 455 g/mol. The Bertz CT molecular complexity index is 1060. The number of carbonyl (C=O) groups is 2. The van der Waals surface area contributed by atoms with Gasteiger partial charge in [0.25, 0.3) is 0 Å². The lowest BCUT2D eigenvalue weighted by Crippen LogP contribution is -2.33. The van der Waals surface area contributed by atoms with Gasteiger partial charge in [0, 0.05) is 32.3 Å². The van der Waals surface area contributed by atoms with Crippen molar-refractivity contribution in [3.8, 4) is 11.1 Å². The third-order valence-corrected chi connectivity index (χ3v) is 5.43. The summed E-state index contributed by atoms with van der Waals surface area (Å²) in [4.78, 5) is 26.6. The molecule has 1 fully saturated rings. The number of amides is 2. The Morgan fingerprint density at radius 2 is 1.97 bits per heavy atom. The van der Waals surface area contributed by atoms with Crippen LogP contribution in [-0.4, -0.2) is 56.4 Å². The van der Waals surface area contributed by atoms with Gasteiger partial charge in [-0.1, -0.05) is 24.3 Å². The van der Waals surface area contributed by atoms with Gasteiger partial charge < -0.3 is 25.0 Å². The molecule has 8 nitrogen and oxygen atoms in total. The maximum Gasteiger partial charge on any atom is 0.414 e. The maximum atomic E-state index is 14.9. The van der Waals surface area contributed by atoms with Crippen LogP contribution in [0.2, 0.25) is 0 Å². The summed E-state index contributed by atoms with van der Waals surface area (Å²) in [5.74, 6) is 0.278. The Labute approximate surface area is 192 Å². The molecule has 1 atom stereocenters. The van der Waals surface area contributed by atoms with Crippen molar-refractivity contribution in [3.63, 3.8) is 0 Å². The highest BCUT2D eigenvalue weighted by atomic mass is 19.1. The SMILES string of the molecule is CC(=O)NC[C@H]1CN(c2ccc(-c3ccc(CNCC4=CN(C)CO4)cc3)c(F)c2)C(=O)O1. The van der Waals surface area contributed by atoms with Crippen LogP contribution in [0.25, 0.3) is 11.1 Å². The van der Waals surface area contributed by atoms with Gasteiger partial charge >= 0.3 is 6.09 Å². The van der Waals surface area contributed by atoms with Crippen LogP contribution in [0.5, 0.6) is 0 Å². The van der Waals surface area contributed by atoms with E-state index < -0.39 is 18.0 Å². The molecule has 0 saturated carbocycles. The molecule has 2 amide bonds. The van der Waals surface area contributed by atoms with Gasteiger partial charge in [0.05, 0.1) is 25.3 Å². The number of carbonyl (C=O) groups excluding carboxylic acids is 2. The molecular weight excluding hydrogens is 427 g/mol. The monoisotopic (exact) mass is 454 g/mol. The van der Waals surface area contributed by atoms with E-state index >= 15 is 0 Å². The topological polar surface area (TPSA) is 83.1 Å². The number of hydrogen-bond acceptors (Lipinski definition) is 6. The number of nitrogens with zero attached hydrogens (tertiary/aromatic N) is 2. The fraction of sp³-hybridized carbons (Fsp3) is 0.333. The molecule has 0 spiro atoms. The molecule has 33 heavy (non-hydrogen) atoms. The van der Waals surface area contributed by atoms with E-state index in [2.05, 4.69) is 10.6 Å². The zero-order chi connectivity index (χ0) is 23.4. The number of nitrogens with one attached hydrogen (secondary N) is 2. The Hall–Kier alpha value is -3.59. The molecule has 2 aromatic carbocycles. The van der Waals surface area contributed by atoms with E-state index in [0.29, 0.717) is 31.1 Å². The van der Waals surface area contributed by atoms with Gasteiger partial charge in [0.1, 0.15) is 17.7 Å².